The first kappa shape index (κ1) is 29.2. The SMILES string of the molecule is Cc1cc(O)cc(C)c1C[C@H](N)C(=O)NCc1cc(Cc2ccccc2)ccc1O.O=C(O)C(F)(F)F. The minimum atomic E-state index is -5.08. The van der Waals surface area contributed by atoms with E-state index in [4.69, 9.17) is 15.6 Å². The maximum atomic E-state index is 12.5. The normalized spacial score (nSPS) is 11.7. The number of carboxylic acid groups (broad SMARTS) is 1. The van der Waals surface area contributed by atoms with Crippen LogP contribution in [-0.4, -0.2) is 39.4 Å². The molecule has 0 saturated carbocycles. The highest BCUT2D eigenvalue weighted by molar-refractivity contribution is 5.82. The van der Waals surface area contributed by atoms with Crippen molar-refractivity contribution < 1.29 is 38.1 Å². The Bertz CT molecular complexity index is 1210. The molecule has 6 N–H and O–H groups in total. The standard InChI is InChI=1S/C25H28N2O3.C2HF3O2/c1-16-10-21(28)11-17(2)22(16)14-23(26)25(30)27-15-20-13-19(8-9-24(20)29)12-18-6-4-3-5-7-18;3-2(4,5)1(6)7/h3-11,13,23,28-29H,12,14-15,26H2,1-2H3,(H,27,30);(H,6,7)/t23-;/m0./s1. The first-order chi connectivity index (χ1) is 17.3. The number of rotatable bonds is 7. The van der Waals surface area contributed by atoms with E-state index in [9.17, 15) is 28.2 Å². The molecule has 1 amide bonds. The summed E-state index contributed by atoms with van der Waals surface area (Å²) in [6.07, 6.45) is -3.95. The molecule has 0 aliphatic heterocycles. The predicted octanol–water partition coefficient (Wildman–Crippen LogP) is 4.12. The molecule has 0 bridgehead atoms. The molecule has 0 heterocycles. The Balaban J connectivity index is 0.000000604. The topological polar surface area (TPSA) is 133 Å². The van der Waals surface area contributed by atoms with Gasteiger partial charge in [-0.2, -0.15) is 13.2 Å². The first-order valence-corrected chi connectivity index (χ1v) is 11.2. The van der Waals surface area contributed by atoms with E-state index in [-0.39, 0.29) is 24.0 Å². The van der Waals surface area contributed by atoms with Gasteiger partial charge in [0.15, 0.2) is 0 Å². The molecule has 3 aromatic rings. The van der Waals surface area contributed by atoms with Crippen LogP contribution in [0.1, 0.15) is 33.4 Å². The highest BCUT2D eigenvalue weighted by Crippen LogP contribution is 2.23. The molecule has 0 aromatic heterocycles. The van der Waals surface area contributed by atoms with E-state index < -0.39 is 18.2 Å². The highest BCUT2D eigenvalue weighted by Gasteiger charge is 2.38. The number of carbonyl (C=O) groups excluding carboxylic acids is 1. The van der Waals surface area contributed by atoms with Crippen LogP contribution in [0.2, 0.25) is 0 Å². The third-order valence-corrected chi connectivity index (χ3v) is 5.53. The van der Waals surface area contributed by atoms with E-state index >= 15 is 0 Å². The fraction of sp³-hybridized carbons (Fsp3) is 0.259. The molecule has 0 saturated heterocycles. The summed E-state index contributed by atoms with van der Waals surface area (Å²) in [5.74, 6) is -2.69. The fourth-order valence-electron chi connectivity index (χ4n) is 3.64. The second kappa shape index (κ2) is 12.8. The van der Waals surface area contributed by atoms with Gasteiger partial charge in [-0.25, -0.2) is 4.79 Å². The van der Waals surface area contributed by atoms with Crippen LogP contribution in [0.25, 0.3) is 0 Å². The number of aromatic hydroxyl groups is 2. The highest BCUT2D eigenvalue weighted by atomic mass is 19.4. The molecule has 10 heteroatoms. The van der Waals surface area contributed by atoms with Crippen molar-refractivity contribution in [3.8, 4) is 11.5 Å². The Morgan fingerprint density at radius 1 is 0.946 bits per heavy atom. The zero-order chi connectivity index (χ0) is 27.8. The van der Waals surface area contributed by atoms with Crippen LogP contribution in [0.3, 0.4) is 0 Å². The first-order valence-electron chi connectivity index (χ1n) is 11.2. The summed E-state index contributed by atoms with van der Waals surface area (Å²) >= 11 is 0. The maximum absolute atomic E-state index is 12.5. The van der Waals surface area contributed by atoms with Crippen molar-refractivity contribution in [2.24, 2.45) is 5.73 Å². The van der Waals surface area contributed by atoms with Gasteiger partial charge >= 0.3 is 12.1 Å². The fourth-order valence-corrected chi connectivity index (χ4v) is 3.64. The van der Waals surface area contributed by atoms with Crippen LogP contribution in [0.4, 0.5) is 13.2 Å². The third kappa shape index (κ3) is 9.16. The van der Waals surface area contributed by atoms with Crippen molar-refractivity contribution in [2.75, 3.05) is 0 Å². The van der Waals surface area contributed by atoms with Crippen molar-refractivity contribution in [2.45, 2.75) is 45.5 Å². The number of aryl methyl sites for hydroxylation is 2. The van der Waals surface area contributed by atoms with E-state index in [1.165, 1.54) is 5.56 Å². The number of nitrogens with two attached hydrogens (primary N) is 1. The molecule has 0 spiro atoms. The molecular formula is C27H29F3N2O5. The molecular weight excluding hydrogens is 489 g/mol. The van der Waals surface area contributed by atoms with Gasteiger partial charge < -0.3 is 26.4 Å². The van der Waals surface area contributed by atoms with Gasteiger partial charge in [0.2, 0.25) is 5.91 Å². The monoisotopic (exact) mass is 518 g/mol. The summed E-state index contributed by atoms with van der Waals surface area (Å²) in [5, 5.41) is 29.8. The average molecular weight is 519 g/mol. The lowest BCUT2D eigenvalue weighted by Crippen LogP contribution is -2.42. The quantitative estimate of drug-likeness (QED) is 0.320. The van der Waals surface area contributed by atoms with Crippen LogP contribution in [0, 0.1) is 13.8 Å². The van der Waals surface area contributed by atoms with E-state index in [0.717, 1.165) is 28.7 Å². The summed E-state index contributed by atoms with van der Waals surface area (Å²) < 4.78 is 31.7. The zero-order valence-corrected chi connectivity index (χ0v) is 20.3. The number of alkyl halides is 3. The number of carboxylic acids is 1. The predicted molar refractivity (Wildman–Crippen MR) is 132 cm³/mol. The van der Waals surface area contributed by atoms with Crippen LogP contribution in [0.15, 0.2) is 60.7 Å². The summed E-state index contributed by atoms with van der Waals surface area (Å²) in [6.45, 7) is 3.99. The lowest BCUT2D eigenvalue weighted by molar-refractivity contribution is -0.192. The van der Waals surface area contributed by atoms with E-state index in [1.807, 2.05) is 44.2 Å². The minimum absolute atomic E-state index is 0.144. The molecule has 0 aliphatic rings. The summed E-state index contributed by atoms with van der Waals surface area (Å²) in [4.78, 5) is 21.4. The number of phenols is 2. The van der Waals surface area contributed by atoms with E-state index in [2.05, 4.69) is 17.4 Å². The molecule has 198 valence electrons. The van der Waals surface area contributed by atoms with Crippen molar-refractivity contribution >= 4 is 11.9 Å². The molecule has 1 atom stereocenters. The molecule has 37 heavy (non-hydrogen) atoms. The van der Waals surface area contributed by atoms with Crippen LogP contribution in [0.5, 0.6) is 11.5 Å². The maximum Gasteiger partial charge on any atom is 0.490 e. The lowest BCUT2D eigenvalue weighted by Gasteiger charge is -2.16. The number of phenolic OH excluding ortho intramolecular Hbond substituents is 2. The van der Waals surface area contributed by atoms with Crippen molar-refractivity contribution in [3.05, 3.63) is 94.0 Å². The van der Waals surface area contributed by atoms with Crippen molar-refractivity contribution in [1.29, 1.82) is 0 Å². The minimum Gasteiger partial charge on any atom is -0.508 e. The number of carbonyl (C=O) groups is 2. The van der Waals surface area contributed by atoms with Gasteiger partial charge in [-0.1, -0.05) is 36.4 Å². The Morgan fingerprint density at radius 2 is 1.51 bits per heavy atom. The number of amides is 1. The molecule has 0 unspecified atom stereocenters. The molecule has 0 aliphatic carbocycles. The molecule has 0 radical (unpaired) electrons. The van der Waals surface area contributed by atoms with Gasteiger partial charge in [-0.3, -0.25) is 4.79 Å². The zero-order valence-electron chi connectivity index (χ0n) is 20.3. The lowest BCUT2D eigenvalue weighted by atomic mass is 9.96. The molecule has 3 aromatic carbocycles. The Hall–Kier alpha value is -4.05. The summed E-state index contributed by atoms with van der Waals surface area (Å²) in [7, 11) is 0. The van der Waals surface area contributed by atoms with E-state index in [1.54, 1.807) is 18.2 Å². The number of benzene rings is 3. The van der Waals surface area contributed by atoms with Crippen LogP contribution < -0.4 is 11.1 Å². The number of hydrogen-bond donors (Lipinski definition) is 5. The van der Waals surface area contributed by atoms with Crippen molar-refractivity contribution in [1.82, 2.24) is 5.32 Å². The van der Waals surface area contributed by atoms with E-state index in [0.29, 0.717) is 12.0 Å². The Labute approximate surface area is 212 Å². The van der Waals surface area contributed by atoms with Gasteiger partial charge in [0.05, 0.1) is 6.04 Å². The van der Waals surface area contributed by atoms with Gasteiger partial charge in [0.25, 0.3) is 0 Å². The summed E-state index contributed by atoms with van der Waals surface area (Å²) in [5.41, 5.74) is 11.8. The average Bonchev–Trinajstić information content (AvgIpc) is 2.81. The molecule has 0 fully saturated rings. The number of aliphatic carboxylic acids is 1. The van der Waals surface area contributed by atoms with Gasteiger partial charge in [0, 0.05) is 12.1 Å². The van der Waals surface area contributed by atoms with Crippen LogP contribution in [-0.2, 0) is 29.0 Å². The number of hydrogen-bond acceptors (Lipinski definition) is 5. The largest absolute Gasteiger partial charge is 0.508 e. The second-order valence-corrected chi connectivity index (χ2v) is 8.51. The molecule has 7 nitrogen and oxygen atoms in total. The smallest absolute Gasteiger partial charge is 0.490 e. The number of halogens is 3. The van der Waals surface area contributed by atoms with Crippen LogP contribution >= 0.6 is 0 Å². The third-order valence-electron chi connectivity index (χ3n) is 5.53. The Kier molecular flexibility index (Phi) is 10.1. The van der Waals surface area contributed by atoms with Gasteiger partial charge in [-0.05, 0) is 78.8 Å². The molecule has 3 rings (SSSR count). The summed E-state index contributed by atoms with van der Waals surface area (Å²) in [6, 6.07) is 18.1. The second-order valence-electron chi connectivity index (χ2n) is 8.51. The number of nitrogens with one attached hydrogen (secondary N) is 1. The van der Waals surface area contributed by atoms with Gasteiger partial charge in [0.1, 0.15) is 11.5 Å². The van der Waals surface area contributed by atoms with Crippen molar-refractivity contribution in [3.63, 3.8) is 0 Å². The van der Waals surface area contributed by atoms with Gasteiger partial charge in [-0.15, -0.1) is 0 Å². The Morgan fingerprint density at radius 3 is 2.05 bits per heavy atom.